The molecule has 0 aromatic heterocycles. The van der Waals surface area contributed by atoms with Crippen LogP contribution in [0.25, 0.3) is 0 Å². The standard InChI is InChI=1S/C12H18N2O4S/c1-12(2)16-8-6-4-5-7(9(8)17-12)19-10(6)14-18-11(15)13-3/h7-9,14H,4-5H2,1-3H3,(H,13,15). The van der Waals surface area contributed by atoms with Gasteiger partial charge < -0.3 is 19.6 Å². The van der Waals surface area contributed by atoms with E-state index in [1.807, 2.05) is 13.8 Å². The number of amides is 1. The largest absolute Gasteiger partial charge is 0.431 e. The van der Waals surface area contributed by atoms with Crippen LogP contribution < -0.4 is 10.8 Å². The van der Waals surface area contributed by atoms with Gasteiger partial charge in [0, 0.05) is 12.3 Å². The number of fused-ring (bicyclic) bond motifs is 2. The molecule has 4 aliphatic rings. The minimum absolute atomic E-state index is 0.0224. The zero-order valence-electron chi connectivity index (χ0n) is 11.2. The first-order valence-electron chi connectivity index (χ1n) is 6.40. The van der Waals surface area contributed by atoms with Crippen LogP contribution in [0, 0.1) is 0 Å². The molecule has 7 heteroatoms. The first-order valence-corrected chi connectivity index (χ1v) is 7.28. The Morgan fingerprint density at radius 2 is 2.26 bits per heavy atom. The van der Waals surface area contributed by atoms with Crippen LogP contribution in [0.5, 0.6) is 0 Å². The summed E-state index contributed by atoms with van der Waals surface area (Å²) < 4.78 is 11.9. The van der Waals surface area contributed by atoms with Gasteiger partial charge >= 0.3 is 6.09 Å². The summed E-state index contributed by atoms with van der Waals surface area (Å²) in [7, 11) is 1.52. The maximum Gasteiger partial charge on any atom is 0.431 e. The molecular formula is C12H18N2O4S. The predicted molar refractivity (Wildman–Crippen MR) is 70.1 cm³/mol. The fourth-order valence-corrected chi connectivity index (χ4v) is 4.09. The number of hydrogen-bond donors (Lipinski definition) is 2. The lowest BCUT2D eigenvalue weighted by molar-refractivity contribution is -0.142. The van der Waals surface area contributed by atoms with Gasteiger partial charge in [0.05, 0.1) is 0 Å². The van der Waals surface area contributed by atoms with Crippen molar-refractivity contribution in [3.05, 3.63) is 10.6 Å². The summed E-state index contributed by atoms with van der Waals surface area (Å²) in [6.45, 7) is 3.87. The second-order valence-corrected chi connectivity index (χ2v) is 6.56. The molecule has 3 heterocycles. The van der Waals surface area contributed by atoms with Crippen LogP contribution in [0.15, 0.2) is 10.6 Å². The van der Waals surface area contributed by atoms with Gasteiger partial charge in [0.2, 0.25) is 0 Å². The maximum atomic E-state index is 11.1. The van der Waals surface area contributed by atoms with E-state index in [-0.39, 0.29) is 12.2 Å². The number of hydrogen-bond acceptors (Lipinski definition) is 6. The second kappa shape index (κ2) is 4.57. The lowest BCUT2D eigenvalue weighted by Gasteiger charge is -2.39. The van der Waals surface area contributed by atoms with Crippen LogP contribution in [0.2, 0.25) is 0 Å². The van der Waals surface area contributed by atoms with Crippen molar-refractivity contribution in [2.75, 3.05) is 7.05 Å². The minimum Gasteiger partial charge on any atom is -0.343 e. The highest BCUT2D eigenvalue weighted by Crippen LogP contribution is 2.51. The molecular weight excluding hydrogens is 268 g/mol. The zero-order valence-corrected chi connectivity index (χ0v) is 12.0. The van der Waals surface area contributed by atoms with Crippen molar-refractivity contribution in [2.45, 2.75) is 49.9 Å². The molecule has 1 saturated carbocycles. The summed E-state index contributed by atoms with van der Waals surface area (Å²) in [5, 5.41) is 3.63. The van der Waals surface area contributed by atoms with Crippen molar-refractivity contribution < 1.29 is 19.1 Å². The maximum absolute atomic E-state index is 11.1. The molecule has 0 radical (unpaired) electrons. The van der Waals surface area contributed by atoms with Gasteiger partial charge in [-0.1, -0.05) is 11.8 Å². The first kappa shape index (κ1) is 13.1. The Bertz CT molecular complexity index is 437. The molecule has 19 heavy (non-hydrogen) atoms. The molecule has 2 bridgehead atoms. The summed E-state index contributed by atoms with van der Waals surface area (Å²) in [5.74, 6) is -0.541. The highest BCUT2D eigenvalue weighted by Gasteiger charge is 2.53. The van der Waals surface area contributed by atoms with E-state index < -0.39 is 11.9 Å². The topological polar surface area (TPSA) is 68.8 Å². The van der Waals surface area contributed by atoms with Gasteiger partial charge in [-0.05, 0) is 32.3 Å². The lowest BCUT2D eigenvalue weighted by atomic mass is 9.89. The van der Waals surface area contributed by atoms with E-state index in [4.69, 9.17) is 14.3 Å². The third-order valence-corrected chi connectivity index (χ3v) is 4.93. The number of hydroxylamine groups is 1. The lowest BCUT2D eigenvalue weighted by Crippen LogP contribution is -2.45. The highest BCUT2D eigenvalue weighted by atomic mass is 32.2. The van der Waals surface area contributed by atoms with Crippen molar-refractivity contribution in [1.82, 2.24) is 10.8 Å². The first-order chi connectivity index (χ1) is 9.00. The van der Waals surface area contributed by atoms with Gasteiger partial charge in [0.1, 0.15) is 17.2 Å². The Morgan fingerprint density at radius 3 is 3.00 bits per heavy atom. The van der Waals surface area contributed by atoms with Crippen LogP contribution in [-0.4, -0.2) is 36.4 Å². The van der Waals surface area contributed by atoms with Crippen LogP contribution in [-0.2, 0) is 14.3 Å². The Labute approximate surface area is 116 Å². The van der Waals surface area contributed by atoms with Crippen molar-refractivity contribution in [2.24, 2.45) is 0 Å². The number of carbonyl (C=O) groups excluding carboxylic acids is 1. The fraction of sp³-hybridized carbons (Fsp3) is 0.750. The summed E-state index contributed by atoms with van der Waals surface area (Å²) in [6.07, 6.45) is 1.61. The van der Waals surface area contributed by atoms with Crippen molar-refractivity contribution in [3.8, 4) is 0 Å². The Morgan fingerprint density at radius 1 is 1.47 bits per heavy atom. The predicted octanol–water partition coefficient (Wildman–Crippen LogP) is 1.49. The molecule has 3 atom stereocenters. The fourth-order valence-electron chi connectivity index (χ4n) is 2.76. The quantitative estimate of drug-likeness (QED) is 0.750. The van der Waals surface area contributed by atoms with E-state index in [1.54, 1.807) is 11.8 Å². The molecule has 1 saturated heterocycles. The monoisotopic (exact) mass is 286 g/mol. The van der Waals surface area contributed by atoms with E-state index in [2.05, 4.69) is 10.8 Å². The molecule has 1 aliphatic carbocycles. The van der Waals surface area contributed by atoms with Crippen LogP contribution in [0.3, 0.4) is 0 Å². The third-order valence-electron chi connectivity index (χ3n) is 3.54. The summed E-state index contributed by atoms with van der Waals surface area (Å²) in [5.41, 5.74) is 3.88. The van der Waals surface area contributed by atoms with Gasteiger partial charge in [0.25, 0.3) is 0 Å². The molecule has 106 valence electrons. The van der Waals surface area contributed by atoms with Crippen LogP contribution >= 0.6 is 11.8 Å². The van der Waals surface area contributed by atoms with Gasteiger partial charge in [-0.15, -0.1) is 0 Å². The minimum atomic E-state index is -0.541. The van der Waals surface area contributed by atoms with Crippen molar-refractivity contribution in [1.29, 1.82) is 0 Å². The molecule has 3 unspecified atom stereocenters. The second-order valence-electron chi connectivity index (χ2n) is 5.31. The summed E-state index contributed by atoms with van der Waals surface area (Å²) in [4.78, 5) is 16.0. The van der Waals surface area contributed by atoms with E-state index in [0.717, 1.165) is 23.4 Å². The molecule has 4 rings (SSSR count). The van der Waals surface area contributed by atoms with Crippen LogP contribution in [0.1, 0.15) is 26.7 Å². The molecule has 0 aromatic carbocycles. The zero-order chi connectivity index (χ0) is 13.6. The van der Waals surface area contributed by atoms with Gasteiger partial charge in [-0.25, -0.2) is 10.3 Å². The van der Waals surface area contributed by atoms with E-state index >= 15 is 0 Å². The molecule has 0 aromatic rings. The highest BCUT2D eigenvalue weighted by molar-refractivity contribution is 8.03. The normalized spacial score (nSPS) is 35.0. The molecule has 0 spiro atoms. The van der Waals surface area contributed by atoms with Gasteiger partial charge in [-0.2, -0.15) is 0 Å². The molecule has 2 fully saturated rings. The molecule has 1 amide bonds. The van der Waals surface area contributed by atoms with Crippen molar-refractivity contribution in [3.63, 3.8) is 0 Å². The number of carbonyl (C=O) groups is 1. The van der Waals surface area contributed by atoms with Gasteiger partial charge in [-0.3, -0.25) is 0 Å². The van der Waals surface area contributed by atoms with Crippen LogP contribution in [0.4, 0.5) is 4.79 Å². The van der Waals surface area contributed by atoms with Crippen molar-refractivity contribution >= 4 is 17.9 Å². The van der Waals surface area contributed by atoms with E-state index in [9.17, 15) is 4.79 Å². The molecule has 2 N–H and O–H groups in total. The Balaban J connectivity index is 1.77. The number of ether oxygens (including phenoxy) is 2. The SMILES string of the molecule is CNC(=O)ONC1=C2CCC(S1)C1OC(C)(C)OC21. The number of rotatable bonds is 2. The summed E-state index contributed by atoms with van der Waals surface area (Å²) in [6, 6.07) is 0. The Kier molecular flexibility index (Phi) is 3.15. The number of thioether (sulfide) groups is 1. The molecule has 3 aliphatic heterocycles. The van der Waals surface area contributed by atoms with Gasteiger partial charge in [0.15, 0.2) is 5.79 Å². The average molecular weight is 286 g/mol. The summed E-state index contributed by atoms with van der Waals surface area (Å²) >= 11 is 1.67. The van der Waals surface area contributed by atoms with E-state index in [0.29, 0.717) is 5.25 Å². The van der Waals surface area contributed by atoms with E-state index in [1.165, 1.54) is 7.05 Å². The smallest absolute Gasteiger partial charge is 0.343 e. The Hall–Kier alpha value is -0.920. The average Bonchev–Trinajstić information content (AvgIpc) is 2.73. The third kappa shape index (κ3) is 2.30. The number of nitrogens with one attached hydrogen (secondary N) is 2. The molecule has 6 nitrogen and oxygen atoms in total.